The van der Waals surface area contributed by atoms with Gasteiger partial charge in [-0.05, 0) is 73.5 Å². The number of carbonyl (C=O) groups excluding carboxylic acids is 2. The number of nitrogens with zero attached hydrogens (tertiary/aromatic N) is 2. The van der Waals surface area contributed by atoms with E-state index in [1.165, 1.54) is 0 Å². The zero-order valence-corrected chi connectivity index (χ0v) is 21.1. The summed E-state index contributed by atoms with van der Waals surface area (Å²) in [4.78, 5) is 30.0. The van der Waals surface area contributed by atoms with Gasteiger partial charge < -0.3 is 25.4 Å². The molecule has 0 saturated carbocycles. The highest BCUT2D eigenvalue weighted by Gasteiger charge is 2.38. The van der Waals surface area contributed by atoms with Gasteiger partial charge in [-0.25, -0.2) is 0 Å². The molecule has 1 aliphatic rings. The standard InChI is InChI=1S/C28H30ClN3O4/c1-18-15-27(32(19(2)33)22-11-9-21(29)10-12-22)25-5-3-4-6-26(25)31(18)28(35)20-7-13-24(14-8-20)36-17-23(34)16-30/h3-14,18,23,27,34H,15-17,30H2,1-2H3/t18-,23?,27+/m0/s1. The molecule has 0 spiro atoms. The summed E-state index contributed by atoms with van der Waals surface area (Å²) < 4.78 is 5.53. The number of halogens is 1. The molecular formula is C28H30ClN3O4. The normalized spacial score (nSPS) is 17.8. The van der Waals surface area contributed by atoms with Crippen LogP contribution in [0.15, 0.2) is 72.8 Å². The summed E-state index contributed by atoms with van der Waals surface area (Å²) in [5.41, 5.74) is 8.37. The predicted octanol–water partition coefficient (Wildman–Crippen LogP) is 4.57. The van der Waals surface area contributed by atoms with E-state index in [1.54, 1.807) is 53.1 Å². The van der Waals surface area contributed by atoms with Gasteiger partial charge >= 0.3 is 0 Å². The third-order valence-corrected chi connectivity index (χ3v) is 6.60. The topological polar surface area (TPSA) is 96.1 Å². The molecule has 8 heteroatoms. The minimum atomic E-state index is -0.743. The number of aliphatic hydroxyl groups is 1. The van der Waals surface area contributed by atoms with Crippen LogP contribution in [0.3, 0.4) is 0 Å². The second kappa shape index (κ2) is 11.1. The lowest BCUT2D eigenvalue weighted by molar-refractivity contribution is -0.117. The fourth-order valence-electron chi connectivity index (χ4n) is 4.61. The van der Waals surface area contributed by atoms with Crippen LogP contribution < -0.4 is 20.3 Å². The van der Waals surface area contributed by atoms with Crippen LogP contribution in [0.2, 0.25) is 5.02 Å². The molecule has 3 N–H and O–H groups in total. The molecule has 0 radical (unpaired) electrons. The van der Waals surface area contributed by atoms with Gasteiger partial charge in [0.2, 0.25) is 5.91 Å². The number of anilines is 2. The van der Waals surface area contributed by atoms with E-state index in [2.05, 4.69) is 0 Å². The molecule has 1 unspecified atom stereocenters. The molecule has 1 aliphatic heterocycles. The maximum atomic E-state index is 13.6. The molecule has 7 nitrogen and oxygen atoms in total. The van der Waals surface area contributed by atoms with Crippen molar-refractivity contribution in [1.29, 1.82) is 0 Å². The molecular weight excluding hydrogens is 478 g/mol. The number of para-hydroxylation sites is 1. The lowest BCUT2D eigenvalue weighted by Crippen LogP contribution is -2.47. The summed E-state index contributed by atoms with van der Waals surface area (Å²) in [5.74, 6) is 0.327. The number of benzene rings is 3. The monoisotopic (exact) mass is 507 g/mol. The lowest BCUT2D eigenvalue weighted by Gasteiger charge is -2.43. The Bertz CT molecular complexity index is 1220. The molecule has 3 aromatic rings. The van der Waals surface area contributed by atoms with Crippen LogP contribution >= 0.6 is 11.6 Å². The van der Waals surface area contributed by atoms with Gasteiger partial charge in [0.25, 0.3) is 5.91 Å². The fraction of sp³-hybridized carbons (Fsp3) is 0.286. The molecule has 3 aromatic carbocycles. The van der Waals surface area contributed by atoms with Gasteiger partial charge in [0.05, 0.1) is 6.04 Å². The number of ether oxygens (including phenoxy) is 1. The van der Waals surface area contributed by atoms with Crippen LogP contribution in [0.5, 0.6) is 5.75 Å². The molecule has 0 saturated heterocycles. The van der Waals surface area contributed by atoms with Gasteiger partial charge in [0, 0.05) is 41.5 Å². The lowest BCUT2D eigenvalue weighted by atomic mass is 9.89. The summed E-state index contributed by atoms with van der Waals surface area (Å²) >= 11 is 6.07. The van der Waals surface area contributed by atoms with Crippen molar-refractivity contribution in [3.8, 4) is 5.75 Å². The van der Waals surface area contributed by atoms with E-state index < -0.39 is 6.10 Å². The largest absolute Gasteiger partial charge is 0.491 e. The summed E-state index contributed by atoms with van der Waals surface area (Å²) in [5, 5.41) is 10.2. The van der Waals surface area contributed by atoms with Crippen molar-refractivity contribution in [1.82, 2.24) is 0 Å². The number of nitrogens with two attached hydrogens (primary N) is 1. The molecule has 0 fully saturated rings. The summed E-state index contributed by atoms with van der Waals surface area (Å²) in [6.45, 7) is 3.74. The Balaban J connectivity index is 1.63. The van der Waals surface area contributed by atoms with Crippen LogP contribution in [0.25, 0.3) is 0 Å². The summed E-state index contributed by atoms with van der Waals surface area (Å²) in [6.07, 6.45) is -0.171. The number of aliphatic hydroxyl groups excluding tert-OH is 1. The van der Waals surface area contributed by atoms with Gasteiger partial charge in [0.15, 0.2) is 0 Å². The maximum Gasteiger partial charge on any atom is 0.258 e. The second-order valence-corrected chi connectivity index (χ2v) is 9.36. The number of rotatable bonds is 7. The summed E-state index contributed by atoms with van der Waals surface area (Å²) in [7, 11) is 0. The van der Waals surface area contributed by atoms with Gasteiger partial charge in [-0.2, -0.15) is 0 Å². The Hall–Kier alpha value is -3.39. The van der Waals surface area contributed by atoms with Crippen molar-refractivity contribution in [2.45, 2.75) is 38.5 Å². The quantitative estimate of drug-likeness (QED) is 0.488. The molecule has 0 bridgehead atoms. The fourth-order valence-corrected chi connectivity index (χ4v) is 4.74. The van der Waals surface area contributed by atoms with E-state index in [9.17, 15) is 14.7 Å². The highest BCUT2D eigenvalue weighted by Crippen LogP contribution is 2.42. The van der Waals surface area contributed by atoms with Crippen LogP contribution in [-0.4, -0.2) is 42.2 Å². The van der Waals surface area contributed by atoms with E-state index >= 15 is 0 Å². The number of amides is 2. The molecule has 4 rings (SSSR count). The number of hydrogen-bond donors (Lipinski definition) is 2. The van der Waals surface area contributed by atoms with E-state index in [-0.39, 0.29) is 37.0 Å². The zero-order chi connectivity index (χ0) is 25.8. The van der Waals surface area contributed by atoms with Crippen molar-refractivity contribution in [3.63, 3.8) is 0 Å². The average Bonchev–Trinajstić information content (AvgIpc) is 2.88. The maximum absolute atomic E-state index is 13.6. The highest BCUT2D eigenvalue weighted by molar-refractivity contribution is 6.30. The first-order chi connectivity index (χ1) is 17.3. The second-order valence-electron chi connectivity index (χ2n) is 8.92. The Morgan fingerprint density at radius 3 is 2.42 bits per heavy atom. The number of fused-ring (bicyclic) bond motifs is 1. The molecule has 0 aliphatic carbocycles. The molecule has 2 amide bonds. The van der Waals surface area contributed by atoms with Gasteiger partial charge in [-0.15, -0.1) is 0 Å². The van der Waals surface area contributed by atoms with Crippen LogP contribution in [0, 0.1) is 0 Å². The van der Waals surface area contributed by atoms with E-state index in [0.29, 0.717) is 22.8 Å². The first kappa shape index (κ1) is 25.7. The minimum absolute atomic E-state index is 0.0838. The van der Waals surface area contributed by atoms with E-state index in [0.717, 1.165) is 16.9 Å². The Labute approximate surface area is 216 Å². The van der Waals surface area contributed by atoms with Crippen molar-refractivity contribution in [2.75, 3.05) is 23.0 Å². The van der Waals surface area contributed by atoms with Crippen LogP contribution in [-0.2, 0) is 4.79 Å². The van der Waals surface area contributed by atoms with Gasteiger partial charge in [-0.1, -0.05) is 29.8 Å². The van der Waals surface area contributed by atoms with E-state index in [1.807, 2.05) is 43.3 Å². The van der Waals surface area contributed by atoms with Crippen molar-refractivity contribution < 1.29 is 19.4 Å². The third kappa shape index (κ3) is 5.38. The molecule has 1 heterocycles. The predicted molar refractivity (Wildman–Crippen MR) is 142 cm³/mol. The SMILES string of the molecule is CC(=O)N(c1ccc(Cl)cc1)[C@@H]1C[C@H](C)N(C(=O)c2ccc(OCC(O)CN)cc2)c2ccccc21. The zero-order valence-electron chi connectivity index (χ0n) is 20.3. The van der Waals surface area contributed by atoms with Crippen molar-refractivity contribution >= 4 is 34.8 Å². The Kier molecular flexibility index (Phi) is 7.94. The Morgan fingerprint density at radius 1 is 1.11 bits per heavy atom. The first-order valence-corrected chi connectivity index (χ1v) is 12.3. The Morgan fingerprint density at radius 2 is 1.78 bits per heavy atom. The van der Waals surface area contributed by atoms with Crippen molar-refractivity contribution in [3.05, 3.63) is 88.9 Å². The van der Waals surface area contributed by atoms with Crippen LogP contribution in [0.4, 0.5) is 11.4 Å². The van der Waals surface area contributed by atoms with Crippen LogP contribution in [0.1, 0.15) is 42.2 Å². The van der Waals surface area contributed by atoms with E-state index in [4.69, 9.17) is 22.1 Å². The third-order valence-electron chi connectivity index (χ3n) is 6.35. The first-order valence-electron chi connectivity index (χ1n) is 11.9. The number of hydrogen-bond acceptors (Lipinski definition) is 5. The van der Waals surface area contributed by atoms with Crippen molar-refractivity contribution in [2.24, 2.45) is 5.73 Å². The number of carbonyl (C=O) groups is 2. The smallest absolute Gasteiger partial charge is 0.258 e. The molecule has 188 valence electrons. The van der Waals surface area contributed by atoms with Gasteiger partial charge in [-0.3, -0.25) is 9.59 Å². The average molecular weight is 508 g/mol. The van der Waals surface area contributed by atoms with Gasteiger partial charge in [0.1, 0.15) is 18.5 Å². The summed E-state index contributed by atoms with van der Waals surface area (Å²) in [6, 6.07) is 21.4. The molecule has 3 atom stereocenters. The molecule has 0 aromatic heterocycles. The minimum Gasteiger partial charge on any atom is -0.491 e. The highest BCUT2D eigenvalue weighted by atomic mass is 35.5. The molecule has 36 heavy (non-hydrogen) atoms.